The molecule has 12 nitrogen and oxygen atoms in total. The minimum atomic E-state index is -1.89. The van der Waals surface area contributed by atoms with Crippen LogP contribution in [0.3, 0.4) is 0 Å². The molecule has 2 aliphatic rings. The van der Waals surface area contributed by atoms with Crippen LogP contribution in [0.25, 0.3) is 22.3 Å². The molecule has 0 fully saturated rings. The Bertz CT molecular complexity index is 1660. The number of pyridine rings is 2. The SMILES string of the molecule is CCc1c2c(nc3ccc(OCC(=O)NNC(=O)OC(C)(C)C)cc13)-c1cc3c(c(=O)n1C2)COC(=O)[C@]3(O)CC. The topological polar surface area (TPSA) is 158 Å². The van der Waals surface area contributed by atoms with Crippen molar-refractivity contribution in [2.24, 2.45) is 0 Å². The highest BCUT2D eigenvalue weighted by atomic mass is 16.6. The summed E-state index contributed by atoms with van der Waals surface area (Å²) in [5.41, 5.74) is 5.67. The number of ether oxygens (including phenoxy) is 3. The Labute approximate surface area is 235 Å². The molecule has 2 aromatic heterocycles. The zero-order valence-electron chi connectivity index (χ0n) is 23.5. The molecule has 2 aliphatic heterocycles. The Morgan fingerprint density at radius 2 is 1.90 bits per heavy atom. The molecule has 0 aliphatic carbocycles. The number of aryl methyl sites for hydroxylation is 1. The lowest BCUT2D eigenvalue weighted by Gasteiger charge is -2.31. The lowest BCUT2D eigenvalue weighted by atomic mass is 9.86. The third-order valence-electron chi connectivity index (χ3n) is 7.20. The van der Waals surface area contributed by atoms with Gasteiger partial charge in [-0.3, -0.25) is 15.0 Å². The molecule has 4 heterocycles. The van der Waals surface area contributed by atoms with Gasteiger partial charge in [0.05, 0.1) is 29.0 Å². The molecule has 3 aromatic rings. The van der Waals surface area contributed by atoms with Crippen molar-refractivity contribution in [3.8, 4) is 17.1 Å². The first-order valence-corrected chi connectivity index (χ1v) is 13.4. The number of aliphatic hydroxyl groups is 1. The number of aromatic nitrogens is 2. The van der Waals surface area contributed by atoms with Crippen LogP contribution in [-0.2, 0) is 44.2 Å². The number of benzene rings is 1. The van der Waals surface area contributed by atoms with Crippen molar-refractivity contribution in [2.45, 2.75) is 71.8 Å². The van der Waals surface area contributed by atoms with Crippen LogP contribution in [0.1, 0.15) is 63.3 Å². The lowest BCUT2D eigenvalue weighted by Crippen LogP contribution is -2.45. The van der Waals surface area contributed by atoms with Gasteiger partial charge in [-0.25, -0.2) is 20.0 Å². The fourth-order valence-corrected chi connectivity index (χ4v) is 5.24. The molecule has 0 radical (unpaired) electrons. The Morgan fingerprint density at radius 3 is 2.59 bits per heavy atom. The smallest absolute Gasteiger partial charge is 0.426 e. The largest absolute Gasteiger partial charge is 0.484 e. The first-order chi connectivity index (χ1) is 19.4. The van der Waals surface area contributed by atoms with E-state index in [4.69, 9.17) is 19.2 Å². The molecule has 2 amide bonds. The van der Waals surface area contributed by atoms with Crippen molar-refractivity contribution in [3.05, 3.63) is 56.9 Å². The second-order valence-corrected chi connectivity index (χ2v) is 11.0. The number of carbonyl (C=O) groups excluding carboxylic acids is 3. The van der Waals surface area contributed by atoms with Gasteiger partial charge in [-0.15, -0.1) is 0 Å². The van der Waals surface area contributed by atoms with Gasteiger partial charge in [-0.1, -0.05) is 13.8 Å². The van der Waals surface area contributed by atoms with E-state index in [-0.39, 0.29) is 42.9 Å². The van der Waals surface area contributed by atoms with E-state index in [1.807, 2.05) is 6.92 Å². The molecule has 0 unspecified atom stereocenters. The van der Waals surface area contributed by atoms with Gasteiger partial charge in [-0.2, -0.15) is 0 Å². The average Bonchev–Trinajstić information content (AvgIpc) is 3.29. The highest BCUT2D eigenvalue weighted by Gasteiger charge is 2.45. The summed E-state index contributed by atoms with van der Waals surface area (Å²) in [4.78, 5) is 54.7. The van der Waals surface area contributed by atoms with Crippen molar-refractivity contribution in [1.29, 1.82) is 0 Å². The molecule has 1 aromatic carbocycles. The summed E-state index contributed by atoms with van der Waals surface area (Å²) in [6, 6.07) is 6.91. The van der Waals surface area contributed by atoms with Gasteiger partial charge in [0.2, 0.25) is 0 Å². The van der Waals surface area contributed by atoms with Crippen molar-refractivity contribution in [1.82, 2.24) is 20.4 Å². The van der Waals surface area contributed by atoms with Crippen molar-refractivity contribution >= 4 is 28.9 Å². The lowest BCUT2D eigenvalue weighted by molar-refractivity contribution is -0.172. The first kappa shape index (κ1) is 28.1. The van der Waals surface area contributed by atoms with Crippen LogP contribution in [0.4, 0.5) is 4.79 Å². The molecular weight excluding hydrogens is 532 g/mol. The zero-order chi connectivity index (χ0) is 29.7. The third-order valence-corrected chi connectivity index (χ3v) is 7.20. The molecule has 12 heteroatoms. The number of nitrogens with zero attached hydrogens (tertiary/aromatic N) is 2. The van der Waals surface area contributed by atoms with Crippen LogP contribution in [0, 0.1) is 0 Å². The number of hydrogen-bond donors (Lipinski definition) is 3. The molecule has 0 spiro atoms. The predicted molar refractivity (Wildman–Crippen MR) is 147 cm³/mol. The van der Waals surface area contributed by atoms with Crippen molar-refractivity contribution in [3.63, 3.8) is 0 Å². The van der Waals surface area contributed by atoms with E-state index < -0.39 is 29.2 Å². The number of carbonyl (C=O) groups is 3. The average molecular weight is 565 g/mol. The molecule has 41 heavy (non-hydrogen) atoms. The summed E-state index contributed by atoms with van der Waals surface area (Å²) in [7, 11) is 0. The summed E-state index contributed by atoms with van der Waals surface area (Å²) >= 11 is 0. The monoisotopic (exact) mass is 564 g/mol. The van der Waals surface area contributed by atoms with Crippen LogP contribution in [0.5, 0.6) is 5.75 Å². The van der Waals surface area contributed by atoms with Gasteiger partial charge >= 0.3 is 12.1 Å². The first-order valence-electron chi connectivity index (χ1n) is 13.4. The summed E-state index contributed by atoms with van der Waals surface area (Å²) in [6.45, 7) is 8.52. The van der Waals surface area contributed by atoms with E-state index in [9.17, 15) is 24.3 Å². The minimum Gasteiger partial charge on any atom is -0.484 e. The Morgan fingerprint density at radius 1 is 1.15 bits per heavy atom. The van der Waals surface area contributed by atoms with Crippen LogP contribution in [0.15, 0.2) is 29.1 Å². The van der Waals surface area contributed by atoms with Crippen LogP contribution >= 0.6 is 0 Å². The number of amides is 2. The minimum absolute atomic E-state index is 0.0673. The number of esters is 1. The normalized spacial score (nSPS) is 17.3. The maximum Gasteiger partial charge on any atom is 0.426 e. The van der Waals surface area contributed by atoms with Gasteiger partial charge < -0.3 is 23.9 Å². The number of nitrogens with one attached hydrogen (secondary N) is 2. The van der Waals surface area contributed by atoms with E-state index in [0.29, 0.717) is 29.1 Å². The molecule has 216 valence electrons. The van der Waals surface area contributed by atoms with Gasteiger partial charge in [0, 0.05) is 16.5 Å². The van der Waals surface area contributed by atoms with Gasteiger partial charge in [0.25, 0.3) is 11.5 Å². The van der Waals surface area contributed by atoms with Crippen molar-refractivity contribution in [2.75, 3.05) is 6.61 Å². The van der Waals surface area contributed by atoms with Crippen LogP contribution in [-0.4, -0.2) is 44.8 Å². The maximum absolute atomic E-state index is 13.5. The van der Waals surface area contributed by atoms with Gasteiger partial charge in [0.1, 0.15) is 18.0 Å². The zero-order valence-corrected chi connectivity index (χ0v) is 23.5. The van der Waals surface area contributed by atoms with Gasteiger partial charge in [-0.05, 0) is 63.4 Å². The van der Waals surface area contributed by atoms with E-state index >= 15 is 0 Å². The summed E-state index contributed by atoms with van der Waals surface area (Å²) in [5.74, 6) is -0.919. The molecule has 0 bridgehead atoms. The summed E-state index contributed by atoms with van der Waals surface area (Å²) in [5, 5.41) is 11.9. The maximum atomic E-state index is 13.5. The standard InChI is InChI=1S/C29H32N4O8/c1-6-16-17-10-15(39-14-23(34)31-32-27(37)41-28(3,4)5)8-9-21(17)30-24-18(16)12-33-22(24)11-20-19(25(33)35)13-40-26(36)29(20,38)7-2/h8-11,38H,6-7,12-14H2,1-5H3,(H,31,34)(H,32,37)/t29-/m0/s1. The number of cyclic esters (lactones) is 1. The fourth-order valence-electron chi connectivity index (χ4n) is 5.24. The summed E-state index contributed by atoms with van der Waals surface area (Å²) in [6.07, 6.45) is -0.0881. The molecule has 0 saturated carbocycles. The molecule has 0 saturated heterocycles. The Kier molecular flexibility index (Phi) is 6.98. The highest BCUT2D eigenvalue weighted by molar-refractivity contribution is 5.90. The number of hydrogen-bond acceptors (Lipinski definition) is 9. The molecule has 3 N–H and O–H groups in total. The van der Waals surface area contributed by atoms with E-state index in [1.165, 1.54) is 0 Å². The number of fused-ring (bicyclic) bond motifs is 5. The second kappa shape index (κ2) is 10.2. The van der Waals surface area contributed by atoms with E-state index in [2.05, 4.69) is 10.9 Å². The predicted octanol–water partition coefficient (Wildman–Crippen LogP) is 2.58. The fraction of sp³-hybridized carbons (Fsp3) is 0.414. The third kappa shape index (κ3) is 4.99. The summed E-state index contributed by atoms with van der Waals surface area (Å²) < 4.78 is 17.5. The molecular formula is C29H32N4O8. The second-order valence-electron chi connectivity index (χ2n) is 11.0. The molecule has 1 atom stereocenters. The van der Waals surface area contributed by atoms with E-state index in [0.717, 1.165) is 16.5 Å². The molecule has 5 rings (SSSR count). The number of hydrazine groups is 1. The highest BCUT2D eigenvalue weighted by Crippen LogP contribution is 2.40. The van der Waals surface area contributed by atoms with Crippen LogP contribution < -0.4 is 21.1 Å². The Balaban J connectivity index is 1.43. The van der Waals surface area contributed by atoms with E-state index in [1.54, 1.807) is 56.5 Å². The Hall–Kier alpha value is -4.45. The van der Waals surface area contributed by atoms with Crippen LogP contribution in [0.2, 0.25) is 0 Å². The van der Waals surface area contributed by atoms with Crippen molar-refractivity contribution < 1.29 is 33.7 Å². The number of rotatable bonds is 5. The van der Waals surface area contributed by atoms with Gasteiger partial charge in [0.15, 0.2) is 12.2 Å². The quantitative estimate of drug-likeness (QED) is 0.245.